The van der Waals surface area contributed by atoms with Crippen LogP contribution in [-0.4, -0.2) is 34.8 Å². The average molecular weight is 652 g/mol. The van der Waals surface area contributed by atoms with Gasteiger partial charge < -0.3 is 14.2 Å². The quantitative estimate of drug-likeness (QED) is 0.131. The van der Waals surface area contributed by atoms with Crippen molar-refractivity contribution in [3.8, 4) is 49.0 Å². The van der Waals surface area contributed by atoms with E-state index in [1.807, 2.05) is 36.4 Å². The Hall–Kier alpha value is -4.05. The number of fused-ring (bicyclic) bond motifs is 6. The summed E-state index contributed by atoms with van der Waals surface area (Å²) in [5.41, 5.74) is 6.05. The van der Waals surface area contributed by atoms with Gasteiger partial charge in [0, 0.05) is 16.7 Å². The Bertz CT molecular complexity index is 1730. The predicted octanol–water partition coefficient (Wildman–Crippen LogP) is 10.9. The molecule has 9 heteroatoms. The van der Waals surface area contributed by atoms with E-state index in [2.05, 4.69) is 57.2 Å². The fraction of sp³-hybridized carbons (Fsp3) is 0.250. The fourth-order valence-corrected chi connectivity index (χ4v) is 8.43. The van der Waals surface area contributed by atoms with Crippen LogP contribution in [0.2, 0.25) is 0 Å². The van der Waals surface area contributed by atoms with Gasteiger partial charge in [0.15, 0.2) is 0 Å². The van der Waals surface area contributed by atoms with Crippen molar-refractivity contribution >= 4 is 64.7 Å². The summed E-state index contributed by atoms with van der Waals surface area (Å²) in [4.78, 5) is 15.6. The number of thiazole rings is 3. The minimum Gasteiger partial charge on any atom is -0.494 e. The SMILES string of the molecule is CCCOc1ccc(-c2nc3c(s2)c2nc(-c4ccc(OCCC)cc4)sc2c2nc(-c4ccc(OCCC)cc4)sc32)cc1. The molecule has 0 aliphatic rings. The zero-order chi connectivity index (χ0) is 30.8. The molecule has 3 aromatic heterocycles. The normalized spacial score (nSPS) is 11.5. The van der Waals surface area contributed by atoms with E-state index in [0.717, 1.165) is 98.9 Å². The lowest BCUT2D eigenvalue weighted by atomic mass is 10.2. The molecule has 0 saturated heterocycles. The highest BCUT2D eigenvalue weighted by Crippen LogP contribution is 2.47. The summed E-state index contributed by atoms with van der Waals surface area (Å²) >= 11 is 5.06. The van der Waals surface area contributed by atoms with Crippen LogP contribution in [0.1, 0.15) is 40.0 Å². The maximum atomic E-state index is 5.82. The van der Waals surface area contributed by atoms with E-state index in [4.69, 9.17) is 29.2 Å². The third-order valence-electron chi connectivity index (χ3n) is 7.25. The Balaban J connectivity index is 1.35. The van der Waals surface area contributed by atoms with E-state index >= 15 is 0 Å². The van der Waals surface area contributed by atoms with Crippen molar-refractivity contribution in [3.63, 3.8) is 0 Å². The number of hydrogen-bond donors (Lipinski definition) is 0. The molecular weight excluding hydrogens is 619 g/mol. The Morgan fingerprint density at radius 1 is 0.422 bits per heavy atom. The lowest BCUT2D eigenvalue weighted by Crippen LogP contribution is -1.94. The van der Waals surface area contributed by atoms with Gasteiger partial charge in [-0.05, 0) is 92.1 Å². The third-order valence-corrected chi connectivity index (χ3v) is 10.6. The van der Waals surface area contributed by atoms with Gasteiger partial charge in [-0.3, -0.25) is 0 Å². The smallest absolute Gasteiger partial charge is 0.124 e. The molecule has 228 valence electrons. The van der Waals surface area contributed by atoms with Gasteiger partial charge in [0.05, 0.1) is 33.9 Å². The van der Waals surface area contributed by atoms with Gasteiger partial charge in [-0.1, -0.05) is 20.8 Å². The minimum absolute atomic E-state index is 0.708. The summed E-state index contributed by atoms with van der Waals surface area (Å²) in [5.74, 6) is 2.62. The highest BCUT2D eigenvalue weighted by atomic mass is 32.1. The van der Waals surface area contributed by atoms with E-state index < -0.39 is 0 Å². The number of aromatic nitrogens is 3. The Labute approximate surface area is 274 Å². The van der Waals surface area contributed by atoms with Crippen LogP contribution in [0.3, 0.4) is 0 Å². The first-order valence-electron chi connectivity index (χ1n) is 15.4. The largest absolute Gasteiger partial charge is 0.494 e. The standard InChI is InChI=1S/C36H33N3O3S3/c1-4-19-40-25-13-7-22(8-14-25)34-37-28-31(43-34)29-33(45-35(38-29)23-9-15-26(16-10-23)41-20-5-2)30-32(28)44-36(39-30)24-11-17-27(18-12-24)42-21-6-3/h7-18H,4-6,19-21H2,1-3H3. The first-order chi connectivity index (χ1) is 22.1. The molecule has 0 fully saturated rings. The molecule has 7 aromatic rings. The molecule has 0 aliphatic carbocycles. The molecule has 6 nitrogen and oxygen atoms in total. The lowest BCUT2D eigenvalue weighted by molar-refractivity contribution is 0.317. The third kappa shape index (κ3) is 6.00. The van der Waals surface area contributed by atoms with Crippen LogP contribution in [0.25, 0.3) is 62.4 Å². The summed E-state index contributed by atoms with van der Waals surface area (Å²) in [5, 5.41) is 2.88. The number of ether oxygens (including phenoxy) is 3. The van der Waals surface area contributed by atoms with Gasteiger partial charge in [-0.2, -0.15) is 0 Å². The van der Waals surface area contributed by atoms with Crippen LogP contribution < -0.4 is 14.2 Å². The molecule has 7 rings (SSSR count). The van der Waals surface area contributed by atoms with Crippen molar-refractivity contribution in [2.45, 2.75) is 40.0 Å². The van der Waals surface area contributed by atoms with Crippen LogP contribution in [0.15, 0.2) is 72.8 Å². The Kier molecular flexibility index (Phi) is 8.65. The molecule has 45 heavy (non-hydrogen) atoms. The van der Waals surface area contributed by atoms with Crippen molar-refractivity contribution in [2.24, 2.45) is 0 Å². The number of nitrogens with zero attached hydrogens (tertiary/aromatic N) is 3. The summed E-state index contributed by atoms with van der Waals surface area (Å²) < 4.78 is 20.7. The predicted molar refractivity (Wildman–Crippen MR) is 190 cm³/mol. The first-order valence-corrected chi connectivity index (χ1v) is 17.8. The van der Waals surface area contributed by atoms with Crippen molar-refractivity contribution in [1.82, 2.24) is 15.0 Å². The summed E-state index contributed by atoms with van der Waals surface area (Å²) in [6, 6.07) is 24.7. The summed E-state index contributed by atoms with van der Waals surface area (Å²) in [6.07, 6.45) is 2.93. The molecule has 0 radical (unpaired) electrons. The summed E-state index contributed by atoms with van der Waals surface area (Å²) in [6.45, 7) is 8.46. The van der Waals surface area contributed by atoms with Crippen molar-refractivity contribution in [3.05, 3.63) is 72.8 Å². The number of hydrogen-bond acceptors (Lipinski definition) is 9. The van der Waals surface area contributed by atoms with Gasteiger partial charge in [0.2, 0.25) is 0 Å². The van der Waals surface area contributed by atoms with Crippen molar-refractivity contribution < 1.29 is 14.2 Å². The molecule has 0 saturated carbocycles. The van der Waals surface area contributed by atoms with Crippen LogP contribution >= 0.6 is 34.0 Å². The monoisotopic (exact) mass is 651 g/mol. The lowest BCUT2D eigenvalue weighted by Gasteiger charge is -2.04. The van der Waals surface area contributed by atoms with Gasteiger partial charge in [-0.15, -0.1) is 34.0 Å². The second-order valence-corrected chi connectivity index (χ2v) is 13.7. The van der Waals surface area contributed by atoms with E-state index in [-0.39, 0.29) is 0 Å². The zero-order valence-corrected chi connectivity index (χ0v) is 27.9. The minimum atomic E-state index is 0.708. The van der Waals surface area contributed by atoms with Gasteiger partial charge in [-0.25, -0.2) is 15.0 Å². The molecule has 0 amide bonds. The fourth-order valence-electron chi connectivity index (χ4n) is 5.01. The highest BCUT2D eigenvalue weighted by molar-refractivity contribution is 7.28. The van der Waals surface area contributed by atoms with Gasteiger partial charge >= 0.3 is 0 Å². The van der Waals surface area contributed by atoms with Crippen LogP contribution in [0, 0.1) is 0 Å². The second kappa shape index (κ2) is 13.1. The molecule has 0 aliphatic heterocycles. The van der Waals surface area contributed by atoms with Crippen molar-refractivity contribution in [2.75, 3.05) is 19.8 Å². The first kappa shape index (κ1) is 29.6. The van der Waals surface area contributed by atoms with Gasteiger partial charge in [0.25, 0.3) is 0 Å². The molecule has 0 spiro atoms. The Morgan fingerprint density at radius 3 is 0.933 bits per heavy atom. The van der Waals surface area contributed by atoms with Crippen LogP contribution in [-0.2, 0) is 0 Å². The second-order valence-electron chi connectivity index (χ2n) is 10.7. The highest BCUT2D eigenvalue weighted by Gasteiger charge is 2.22. The molecule has 3 heterocycles. The van der Waals surface area contributed by atoms with E-state index in [0.29, 0.717) is 19.8 Å². The van der Waals surface area contributed by atoms with E-state index in [1.54, 1.807) is 34.0 Å². The maximum Gasteiger partial charge on any atom is 0.124 e. The molecule has 4 aromatic carbocycles. The Morgan fingerprint density at radius 2 is 0.689 bits per heavy atom. The van der Waals surface area contributed by atoms with Gasteiger partial charge in [0.1, 0.15) is 48.8 Å². The van der Waals surface area contributed by atoms with Crippen LogP contribution in [0.5, 0.6) is 17.2 Å². The average Bonchev–Trinajstić information content (AvgIpc) is 3.83. The van der Waals surface area contributed by atoms with E-state index in [1.165, 1.54) is 0 Å². The van der Waals surface area contributed by atoms with E-state index in [9.17, 15) is 0 Å². The molecule has 0 bridgehead atoms. The summed E-state index contributed by atoms with van der Waals surface area (Å²) in [7, 11) is 0. The molecule has 0 unspecified atom stereocenters. The topological polar surface area (TPSA) is 66.4 Å². The number of benzene rings is 4. The van der Waals surface area contributed by atoms with Crippen LogP contribution in [0.4, 0.5) is 0 Å². The number of rotatable bonds is 12. The molecule has 0 N–H and O–H groups in total. The van der Waals surface area contributed by atoms with Crippen molar-refractivity contribution in [1.29, 1.82) is 0 Å². The molecular formula is C36H33N3O3S3. The maximum absolute atomic E-state index is 5.82. The zero-order valence-electron chi connectivity index (χ0n) is 25.5. The molecule has 0 atom stereocenters.